The first kappa shape index (κ1) is 12.6. The minimum absolute atomic E-state index is 0.0551. The van der Waals surface area contributed by atoms with E-state index in [2.05, 4.69) is 20.5 Å². The van der Waals surface area contributed by atoms with Crippen molar-refractivity contribution in [1.29, 1.82) is 0 Å². The monoisotopic (exact) mass is 272 g/mol. The minimum atomic E-state index is -0.0818. The maximum absolute atomic E-state index is 12.6. The number of aryl methyl sites for hydroxylation is 2. The number of nitrogens with two attached hydrogens (primary N) is 1. The van der Waals surface area contributed by atoms with E-state index in [1.54, 1.807) is 10.8 Å². The Morgan fingerprint density at radius 3 is 2.95 bits per heavy atom. The first-order valence-electron chi connectivity index (χ1n) is 6.56. The summed E-state index contributed by atoms with van der Waals surface area (Å²) in [6.45, 7) is 4.32. The van der Waals surface area contributed by atoms with Crippen molar-refractivity contribution in [2.75, 3.05) is 5.73 Å². The Hall–Kier alpha value is -2.44. The van der Waals surface area contributed by atoms with Gasteiger partial charge in [-0.05, 0) is 19.9 Å². The summed E-state index contributed by atoms with van der Waals surface area (Å²) in [5.41, 5.74) is 10.6. The number of nitrogens with one attached hydrogen (secondary N) is 1. The van der Waals surface area contributed by atoms with Crippen LogP contribution in [0.3, 0.4) is 0 Å². The predicted octanol–water partition coefficient (Wildman–Crippen LogP) is 0.722. The Morgan fingerprint density at radius 1 is 1.50 bits per heavy atom. The van der Waals surface area contributed by atoms with Gasteiger partial charge in [-0.1, -0.05) is 0 Å². The molecule has 2 aromatic rings. The van der Waals surface area contributed by atoms with Crippen molar-refractivity contribution in [2.45, 2.75) is 32.9 Å². The molecule has 0 fully saturated rings. The van der Waals surface area contributed by atoms with Gasteiger partial charge in [-0.15, -0.1) is 0 Å². The van der Waals surface area contributed by atoms with Gasteiger partial charge >= 0.3 is 0 Å². The van der Waals surface area contributed by atoms with Crippen LogP contribution in [0.25, 0.3) is 11.0 Å². The number of hydrogen-bond acceptors (Lipinski definition) is 6. The van der Waals surface area contributed by atoms with Crippen LogP contribution in [0.15, 0.2) is 16.0 Å². The zero-order valence-electron chi connectivity index (χ0n) is 11.4. The fraction of sp³-hybridized carbons (Fsp3) is 0.385. The van der Waals surface area contributed by atoms with Crippen LogP contribution in [0, 0.1) is 6.92 Å². The van der Waals surface area contributed by atoms with Crippen molar-refractivity contribution < 1.29 is 0 Å². The first-order valence-corrected chi connectivity index (χ1v) is 6.56. The van der Waals surface area contributed by atoms with Crippen LogP contribution in [0.2, 0.25) is 0 Å². The summed E-state index contributed by atoms with van der Waals surface area (Å²) in [5, 5.41) is 4.83. The van der Waals surface area contributed by atoms with E-state index in [1.807, 2.05) is 19.9 Å². The van der Waals surface area contributed by atoms with Gasteiger partial charge in [0.05, 0.1) is 11.7 Å². The Bertz CT molecular complexity index is 756. The fourth-order valence-electron chi connectivity index (χ4n) is 2.52. The van der Waals surface area contributed by atoms with E-state index < -0.39 is 0 Å². The lowest BCUT2D eigenvalue weighted by atomic mass is 10.1. The van der Waals surface area contributed by atoms with Crippen molar-refractivity contribution in [2.24, 2.45) is 5.10 Å². The number of anilines is 1. The lowest BCUT2D eigenvalue weighted by molar-refractivity contribution is 0.601. The molecule has 0 radical (unpaired) electrons. The zero-order valence-corrected chi connectivity index (χ0v) is 11.4. The highest BCUT2D eigenvalue weighted by Gasteiger charge is 2.21. The fourth-order valence-corrected chi connectivity index (χ4v) is 2.52. The van der Waals surface area contributed by atoms with Gasteiger partial charge in [0.15, 0.2) is 0 Å². The maximum Gasteiger partial charge on any atom is 0.257 e. The number of nitrogens with zero attached hydrogens (tertiary/aromatic N) is 4. The number of pyridine rings is 1. The van der Waals surface area contributed by atoms with Crippen LogP contribution in [-0.4, -0.2) is 20.7 Å². The SMILES string of the molecule is CCn1c(=O)c(C2CC=NN2)cc2c(C)nc(N)nc21. The lowest BCUT2D eigenvalue weighted by Gasteiger charge is -2.15. The molecule has 3 heterocycles. The lowest BCUT2D eigenvalue weighted by Crippen LogP contribution is -2.28. The van der Waals surface area contributed by atoms with Crippen molar-refractivity contribution in [3.05, 3.63) is 27.7 Å². The van der Waals surface area contributed by atoms with E-state index >= 15 is 0 Å². The highest BCUT2D eigenvalue weighted by atomic mass is 16.1. The van der Waals surface area contributed by atoms with Crippen molar-refractivity contribution in [3.63, 3.8) is 0 Å². The minimum Gasteiger partial charge on any atom is -0.368 e. The third kappa shape index (κ3) is 1.82. The molecule has 7 nitrogen and oxygen atoms in total. The summed E-state index contributed by atoms with van der Waals surface area (Å²) in [6.07, 6.45) is 2.48. The van der Waals surface area contributed by atoms with Crippen molar-refractivity contribution in [3.8, 4) is 0 Å². The number of fused-ring (bicyclic) bond motifs is 1. The molecule has 20 heavy (non-hydrogen) atoms. The molecule has 1 unspecified atom stereocenters. The molecule has 1 aliphatic heterocycles. The van der Waals surface area contributed by atoms with Crippen LogP contribution >= 0.6 is 0 Å². The largest absolute Gasteiger partial charge is 0.368 e. The third-order valence-electron chi connectivity index (χ3n) is 3.54. The summed E-state index contributed by atoms with van der Waals surface area (Å²) in [7, 11) is 0. The standard InChI is InChI=1S/C13H16N6O/c1-3-19-11-8(7(2)16-13(14)17-11)6-9(12(19)20)10-4-5-15-18-10/h5-6,10,18H,3-4H2,1-2H3,(H2,14,16,17). The second kappa shape index (κ2) is 4.59. The van der Waals surface area contributed by atoms with Crippen LogP contribution < -0.4 is 16.7 Å². The first-order chi connectivity index (χ1) is 9.61. The second-order valence-electron chi connectivity index (χ2n) is 4.78. The number of aromatic nitrogens is 3. The quantitative estimate of drug-likeness (QED) is 0.839. The van der Waals surface area contributed by atoms with Gasteiger partial charge in [-0.25, -0.2) is 4.98 Å². The van der Waals surface area contributed by atoms with Crippen LogP contribution in [-0.2, 0) is 6.54 Å². The van der Waals surface area contributed by atoms with Gasteiger partial charge in [0.1, 0.15) is 5.65 Å². The average molecular weight is 272 g/mol. The smallest absolute Gasteiger partial charge is 0.257 e. The Balaban J connectivity index is 2.33. The highest BCUT2D eigenvalue weighted by Crippen LogP contribution is 2.22. The summed E-state index contributed by atoms with van der Waals surface area (Å²) in [5.74, 6) is 0.187. The van der Waals surface area contributed by atoms with E-state index in [1.165, 1.54) is 0 Å². The third-order valence-corrected chi connectivity index (χ3v) is 3.54. The molecule has 2 aromatic heterocycles. The zero-order chi connectivity index (χ0) is 14.3. The molecule has 104 valence electrons. The maximum atomic E-state index is 12.6. The molecule has 3 N–H and O–H groups in total. The van der Waals surface area contributed by atoms with Gasteiger partial charge in [-0.2, -0.15) is 10.1 Å². The number of rotatable bonds is 2. The molecule has 0 bridgehead atoms. The topological polar surface area (TPSA) is 98.2 Å². The molecule has 7 heteroatoms. The molecule has 0 saturated carbocycles. The van der Waals surface area contributed by atoms with Crippen LogP contribution in [0.5, 0.6) is 0 Å². The van der Waals surface area contributed by atoms with E-state index in [-0.39, 0.29) is 17.5 Å². The predicted molar refractivity (Wildman–Crippen MR) is 77.6 cm³/mol. The van der Waals surface area contributed by atoms with E-state index in [4.69, 9.17) is 5.73 Å². The summed E-state index contributed by atoms with van der Waals surface area (Å²) < 4.78 is 1.63. The van der Waals surface area contributed by atoms with Gasteiger partial charge in [0.2, 0.25) is 5.95 Å². The molecular formula is C13H16N6O. The molecule has 0 aliphatic carbocycles. The number of hydrogen-bond donors (Lipinski definition) is 2. The summed E-state index contributed by atoms with van der Waals surface area (Å²) >= 11 is 0. The summed E-state index contributed by atoms with van der Waals surface area (Å²) in [6, 6.07) is 1.77. The number of hydrazone groups is 1. The van der Waals surface area contributed by atoms with Gasteiger partial charge in [-0.3, -0.25) is 9.36 Å². The van der Waals surface area contributed by atoms with Crippen LogP contribution in [0.1, 0.15) is 30.6 Å². The Labute approximate surface area is 115 Å². The Morgan fingerprint density at radius 2 is 2.30 bits per heavy atom. The van der Waals surface area contributed by atoms with E-state index in [9.17, 15) is 4.79 Å². The van der Waals surface area contributed by atoms with Gasteiger partial charge in [0, 0.05) is 30.1 Å². The van der Waals surface area contributed by atoms with Gasteiger partial charge < -0.3 is 11.2 Å². The normalized spacial score (nSPS) is 17.6. The molecule has 1 atom stereocenters. The molecule has 0 spiro atoms. The molecule has 0 aromatic carbocycles. The van der Waals surface area contributed by atoms with Crippen molar-refractivity contribution >= 4 is 23.2 Å². The van der Waals surface area contributed by atoms with Gasteiger partial charge in [0.25, 0.3) is 5.56 Å². The second-order valence-corrected chi connectivity index (χ2v) is 4.78. The molecular weight excluding hydrogens is 256 g/mol. The van der Waals surface area contributed by atoms with E-state index in [0.717, 1.165) is 11.1 Å². The molecule has 1 aliphatic rings. The molecule has 0 amide bonds. The van der Waals surface area contributed by atoms with Crippen molar-refractivity contribution in [1.82, 2.24) is 20.0 Å². The highest BCUT2D eigenvalue weighted by molar-refractivity contribution is 5.79. The number of nitrogen functional groups attached to an aromatic ring is 1. The molecule has 3 rings (SSSR count). The molecule has 0 saturated heterocycles. The van der Waals surface area contributed by atoms with Crippen LogP contribution in [0.4, 0.5) is 5.95 Å². The van der Waals surface area contributed by atoms with E-state index in [0.29, 0.717) is 24.2 Å². The average Bonchev–Trinajstić information content (AvgIpc) is 2.92. The summed E-state index contributed by atoms with van der Waals surface area (Å²) in [4.78, 5) is 21.0. The Kier molecular flexibility index (Phi) is 2.89.